The number of phenolic OH excluding ortho intramolecular Hbond substituents is 1. The van der Waals surface area contributed by atoms with E-state index < -0.39 is 11.4 Å². The number of halogens is 1. The summed E-state index contributed by atoms with van der Waals surface area (Å²) < 4.78 is 11.8. The number of aromatic hydroxyl groups is 1. The SMILES string of the molecule is Br.CCOc1cc2c(cc1C(=O)NC)C(=N)N(CC(=O)c1cc(OC3CCN(CC(=O)O)C3)c(O)c(C(C)(C)C)c1)C2. The number of hydrogen-bond donors (Lipinski definition) is 4. The fraction of sp³-hybridized carbons (Fsp3) is 0.467. The van der Waals surface area contributed by atoms with Crippen molar-refractivity contribution < 1.29 is 34.1 Å². The van der Waals surface area contributed by atoms with Gasteiger partial charge in [-0.2, -0.15) is 0 Å². The quantitative estimate of drug-likeness (QED) is 0.284. The fourth-order valence-electron chi connectivity index (χ4n) is 5.25. The molecule has 0 saturated carbocycles. The van der Waals surface area contributed by atoms with Crippen molar-refractivity contribution in [1.29, 1.82) is 5.41 Å². The first kappa shape index (κ1) is 32.9. The monoisotopic (exact) mass is 646 g/mol. The van der Waals surface area contributed by atoms with Gasteiger partial charge in [0.25, 0.3) is 5.91 Å². The zero-order valence-electron chi connectivity index (χ0n) is 24.6. The first-order valence-electron chi connectivity index (χ1n) is 13.7. The molecule has 12 heteroatoms. The number of ketones is 1. The molecule has 0 aromatic heterocycles. The molecular weight excluding hydrogens is 608 g/mol. The Morgan fingerprint density at radius 3 is 2.45 bits per heavy atom. The predicted octanol–water partition coefficient (Wildman–Crippen LogP) is 3.59. The Labute approximate surface area is 256 Å². The van der Waals surface area contributed by atoms with Crippen LogP contribution in [-0.2, 0) is 16.8 Å². The zero-order valence-corrected chi connectivity index (χ0v) is 26.3. The van der Waals surface area contributed by atoms with Gasteiger partial charge in [0.2, 0.25) is 0 Å². The lowest BCUT2D eigenvalue weighted by molar-refractivity contribution is -0.138. The third-order valence-electron chi connectivity index (χ3n) is 7.33. The lowest BCUT2D eigenvalue weighted by Gasteiger charge is -2.25. The number of carboxylic acid groups (broad SMARTS) is 1. The van der Waals surface area contributed by atoms with Crippen LogP contribution in [0.2, 0.25) is 0 Å². The number of Topliss-reactive ketones (excluding diaryl/α,β-unsaturated/α-hetero) is 1. The first-order chi connectivity index (χ1) is 19.3. The summed E-state index contributed by atoms with van der Waals surface area (Å²) >= 11 is 0. The Morgan fingerprint density at radius 1 is 1.12 bits per heavy atom. The van der Waals surface area contributed by atoms with E-state index in [0.29, 0.717) is 60.7 Å². The van der Waals surface area contributed by atoms with Crippen molar-refractivity contribution in [3.05, 3.63) is 52.1 Å². The van der Waals surface area contributed by atoms with Crippen molar-refractivity contribution in [2.24, 2.45) is 0 Å². The Kier molecular flexibility index (Phi) is 10.3. The minimum absolute atomic E-state index is 0. The topological polar surface area (TPSA) is 152 Å². The van der Waals surface area contributed by atoms with Crippen LogP contribution in [0.3, 0.4) is 0 Å². The normalized spacial score (nSPS) is 16.5. The maximum atomic E-state index is 13.6. The molecule has 2 aromatic carbocycles. The van der Waals surface area contributed by atoms with Gasteiger partial charge in [0.15, 0.2) is 17.3 Å². The Morgan fingerprint density at radius 2 is 1.83 bits per heavy atom. The van der Waals surface area contributed by atoms with E-state index in [1.54, 1.807) is 28.0 Å². The second-order valence-electron chi connectivity index (χ2n) is 11.4. The molecule has 0 radical (unpaired) electrons. The summed E-state index contributed by atoms with van der Waals surface area (Å²) in [5, 5.41) is 31.5. The highest BCUT2D eigenvalue weighted by Gasteiger charge is 2.32. The number of nitrogens with zero attached hydrogens (tertiary/aromatic N) is 2. The van der Waals surface area contributed by atoms with Crippen LogP contribution in [0.1, 0.15) is 71.5 Å². The molecule has 2 aliphatic rings. The number of phenols is 1. The molecule has 1 unspecified atom stereocenters. The molecule has 2 aliphatic heterocycles. The van der Waals surface area contributed by atoms with Crippen molar-refractivity contribution in [2.75, 3.05) is 39.8 Å². The van der Waals surface area contributed by atoms with E-state index >= 15 is 0 Å². The van der Waals surface area contributed by atoms with Crippen molar-refractivity contribution in [3.63, 3.8) is 0 Å². The molecule has 4 rings (SSSR count). The number of rotatable bonds is 10. The number of carbonyl (C=O) groups excluding carboxylic acids is 2. The van der Waals surface area contributed by atoms with E-state index in [-0.39, 0.29) is 65.2 Å². The molecule has 11 nitrogen and oxygen atoms in total. The van der Waals surface area contributed by atoms with Gasteiger partial charge >= 0.3 is 5.97 Å². The van der Waals surface area contributed by atoms with Gasteiger partial charge in [0, 0.05) is 43.4 Å². The predicted molar refractivity (Wildman–Crippen MR) is 163 cm³/mol. The van der Waals surface area contributed by atoms with Gasteiger partial charge in [-0.1, -0.05) is 20.8 Å². The van der Waals surface area contributed by atoms with Gasteiger partial charge in [-0.25, -0.2) is 0 Å². The van der Waals surface area contributed by atoms with Gasteiger partial charge in [-0.05, 0) is 48.6 Å². The van der Waals surface area contributed by atoms with Crippen LogP contribution >= 0.6 is 17.0 Å². The highest BCUT2D eigenvalue weighted by Crippen LogP contribution is 2.40. The molecule has 2 aromatic rings. The van der Waals surface area contributed by atoms with Gasteiger partial charge in [0.05, 0.1) is 25.3 Å². The number of amidine groups is 1. The molecule has 1 saturated heterocycles. The maximum Gasteiger partial charge on any atom is 0.317 e. The maximum absolute atomic E-state index is 13.6. The number of benzene rings is 2. The number of carbonyl (C=O) groups is 3. The molecule has 2 heterocycles. The lowest BCUT2D eigenvalue weighted by atomic mass is 9.84. The van der Waals surface area contributed by atoms with Crippen molar-refractivity contribution in [1.82, 2.24) is 15.1 Å². The Bertz CT molecular complexity index is 1390. The third kappa shape index (κ3) is 7.04. The van der Waals surface area contributed by atoms with E-state index in [9.17, 15) is 19.5 Å². The number of aliphatic carboxylic acids is 1. The van der Waals surface area contributed by atoms with Crippen LogP contribution in [0.5, 0.6) is 17.2 Å². The summed E-state index contributed by atoms with van der Waals surface area (Å²) in [5.74, 6) is -0.791. The molecule has 1 amide bonds. The lowest BCUT2D eigenvalue weighted by Crippen LogP contribution is -2.31. The molecular formula is C30H39BrN4O7. The van der Waals surface area contributed by atoms with Crippen molar-refractivity contribution in [2.45, 2.75) is 52.2 Å². The number of likely N-dealkylation sites (tertiary alicyclic amines) is 1. The zero-order chi connectivity index (χ0) is 30.1. The van der Waals surface area contributed by atoms with Crippen molar-refractivity contribution in [3.8, 4) is 17.2 Å². The van der Waals surface area contributed by atoms with Crippen LogP contribution in [0.25, 0.3) is 0 Å². The van der Waals surface area contributed by atoms with Crippen molar-refractivity contribution >= 4 is 40.5 Å². The van der Waals surface area contributed by atoms with Gasteiger partial charge < -0.3 is 29.9 Å². The molecule has 0 aliphatic carbocycles. The Balaban J connectivity index is 0.00000484. The summed E-state index contributed by atoms with van der Waals surface area (Å²) in [4.78, 5) is 40.5. The average Bonchev–Trinajstić information content (AvgIpc) is 3.46. The van der Waals surface area contributed by atoms with E-state index in [1.165, 1.54) is 13.1 Å². The highest BCUT2D eigenvalue weighted by atomic mass is 79.9. The number of ether oxygens (including phenoxy) is 2. The van der Waals surface area contributed by atoms with Gasteiger partial charge in [-0.3, -0.25) is 24.7 Å². The van der Waals surface area contributed by atoms with E-state index in [4.69, 9.17) is 20.0 Å². The third-order valence-corrected chi connectivity index (χ3v) is 7.33. The number of fused-ring (bicyclic) bond motifs is 1. The molecule has 0 spiro atoms. The van der Waals surface area contributed by atoms with Crippen LogP contribution in [0.4, 0.5) is 0 Å². The summed E-state index contributed by atoms with van der Waals surface area (Å²) in [7, 11) is 1.53. The molecule has 42 heavy (non-hydrogen) atoms. The highest BCUT2D eigenvalue weighted by molar-refractivity contribution is 8.93. The fourth-order valence-corrected chi connectivity index (χ4v) is 5.25. The summed E-state index contributed by atoms with van der Waals surface area (Å²) in [6.07, 6.45) is 0.273. The Hall–Kier alpha value is -3.64. The van der Waals surface area contributed by atoms with Crippen LogP contribution in [-0.4, -0.2) is 89.4 Å². The standard InChI is InChI=1S/C30H38N4O7.BrH/c1-6-40-24-11-18-13-34(28(31)20(18)12-21(24)29(39)32-5)15-23(35)17-9-22(30(2,3)4)27(38)25(10-17)41-19-7-8-33(14-19)16-26(36)37;/h9-12,19,31,38H,6-8,13-16H2,1-5H3,(H,32,39)(H,36,37);1H. The summed E-state index contributed by atoms with van der Waals surface area (Å²) in [5.41, 5.74) is 2.08. The van der Waals surface area contributed by atoms with Gasteiger partial charge in [0.1, 0.15) is 17.7 Å². The van der Waals surface area contributed by atoms with Crippen LogP contribution in [0, 0.1) is 5.41 Å². The minimum Gasteiger partial charge on any atom is -0.504 e. The molecule has 4 N–H and O–H groups in total. The molecule has 0 bridgehead atoms. The first-order valence-corrected chi connectivity index (χ1v) is 13.7. The smallest absolute Gasteiger partial charge is 0.317 e. The van der Waals surface area contributed by atoms with Crippen LogP contribution < -0.4 is 14.8 Å². The number of nitrogens with one attached hydrogen (secondary N) is 2. The average molecular weight is 648 g/mol. The number of amides is 1. The summed E-state index contributed by atoms with van der Waals surface area (Å²) in [6.45, 7) is 9.09. The molecule has 1 fully saturated rings. The number of carboxylic acids is 1. The largest absolute Gasteiger partial charge is 0.504 e. The molecule has 1 atom stereocenters. The van der Waals surface area contributed by atoms with E-state index in [0.717, 1.165) is 5.56 Å². The molecule has 228 valence electrons. The van der Waals surface area contributed by atoms with E-state index in [2.05, 4.69) is 5.32 Å². The minimum atomic E-state index is -0.912. The number of hydrogen-bond acceptors (Lipinski definition) is 8. The van der Waals surface area contributed by atoms with Crippen LogP contribution in [0.15, 0.2) is 24.3 Å². The van der Waals surface area contributed by atoms with E-state index in [1.807, 2.05) is 27.7 Å². The van der Waals surface area contributed by atoms with Gasteiger partial charge in [-0.15, -0.1) is 17.0 Å². The summed E-state index contributed by atoms with van der Waals surface area (Å²) in [6, 6.07) is 6.57. The second kappa shape index (κ2) is 13.1. The second-order valence-corrected chi connectivity index (χ2v) is 11.4.